The predicted octanol–water partition coefficient (Wildman–Crippen LogP) is 3.57. The molecule has 0 spiro atoms. The molecule has 0 aromatic heterocycles. The van der Waals surface area contributed by atoms with E-state index in [-0.39, 0.29) is 18.9 Å². The fraction of sp³-hybridized carbons (Fsp3) is 0.176. The van der Waals surface area contributed by atoms with Crippen molar-refractivity contribution in [1.29, 1.82) is 0 Å². The van der Waals surface area contributed by atoms with Crippen LogP contribution in [0, 0.1) is 5.92 Å². The zero-order valence-corrected chi connectivity index (χ0v) is 12.9. The highest BCUT2D eigenvalue weighted by molar-refractivity contribution is 6.30. The van der Waals surface area contributed by atoms with Crippen LogP contribution in [0.2, 0.25) is 5.02 Å². The van der Waals surface area contributed by atoms with Crippen LogP contribution in [0.4, 0.5) is 5.69 Å². The van der Waals surface area contributed by atoms with Crippen molar-refractivity contribution >= 4 is 29.2 Å². The number of halogens is 1. The maximum Gasteiger partial charge on any atom is 0.308 e. The second-order valence-electron chi connectivity index (χ2n) is 5.29. The van der Waals surface area contributed by atoms with Crippen LogP contribution in [-0.4, -0.2) is 23.5 Å². The number of carbonyl (C=O) groups excluding carboxylic acids is 1. The van der Waals surface area contributed by atoms with Gasteiger partial charge in [0.1, 0.15) is 11.5 Å². The quantitative estimate of drug-likeness (QED) is 0.930. The molecule has 3 rings (SSSR count). The summed E-state index contributed by atoms with van der Waals surface area (Å²) in [6.07, 6.45) is 0.0400. The first-order valence-corrected chi connectivity index (χ1v) is 7.47. The molecule has 1 unspecified atom stereocenters. The van der Waals surface area contributed by atoms with Crippen molar-refractivity contribution < 1.29 is 19.4 Å². The lowest BCUT2D eigenvalue weighted by molar-refractivity contribution is -0.141. The Morgan fingerprint density at radius 3 is 2.17 bits per heavy atom. The molecule has 1 atom stereocenters. The Balaban J connectivity index is 1.71. The number of hydrogen-bond donors (Lipinski definition) is 1. The van der Waals surface area contributed by atoms with E-state index >= 15 is 0 Å². The molecule has 6 heteroatoms. The normalized spacial score (nSPS) is 17.3. The van der Waals surface area contributed by atoms with Crippen molar-refractivity contribution in [1.82, 2.24) is 0 Å². The standard InChI is InChI=1S/C17H14ClNO4/c18-12-1-5-14(6-2-12)23-15-7-3-13(4-8-15)19-10-11(17(21)22)9-16(19)20/h1-8,11H,9-10H2,(H,21,22). The summed E-state index contributed by atoms with van der Waals surface area (Å²) in [5.41, 5.74) is 0.669. The molecule has 1 amide bonds. The largest absolute Gasteiger partial charge is 0.481 e. The SMILES string of the molecule is O=C(O)C1CC(=O)N(c2ccc(Oc3ccc(Cl)cc3)cc2)C1. The van der Waals surface area contributed by atoms with Gasteiger partial charge < -0.3 is 14.7 Å². The van der Waals surface area contributed by atoms with Crippen molar-refractivity contribution in [2.45, 2.75) is 6.42 Å². The van der Waals surface area contributed by atoms with E-state index in [0.717, 1.165) is 0 Å². The van der Waals surface area contributed by atoms with Gasteiger partial charge in [0, 0.05) is 23.7 Å². The summed E-state index contributed by atoms with van der Waals surface area (Å²) in [5.74, 6) is -0.484. The Hall–Kier alpha value is -2.53. The lowest BCUT2D eigenvalue weighted by Gasteiger charge is -2.16. The average Bonchev–Trinajstić information content (AvgIpc) is 2.93. The first-order valence-electron chi connectivity index (χ1n) is 7.09. The van der Waals surface area contributed by atoms with Crippen LogP contribution < -0.4 is 9.64 Å². The number of carboxylic acids is 1. The van der Waals surface area contributed by atoms with Crippen LogP contribution in [0.1, 0.15) is 6.42 Å². The van der Waals surface area contributed by atoms with Gasteiger partial charge in [-0.15, -0.1) is 0 Å². The van der Waals surface area contributed by atoms with Gasteiger partial charge in [-0.05, 0) is 48.5 Å². The lowest BCUT2D eigenvalue weighted by Crippen LogP contribution is -2.25. The molecule has 1 saturated heterocycles. The zero-order valence-electron chi connectivity index (χ0n) is 12.1. The number of amides is 1. The van der Waals surface area contributed by atoms with Gasteiger partial charge in [-0.3, -0.25) is 9.59 Å². The van der Waals surface area contributed by atoms with E-state index in [4.69, 9.17) is 21.4 Å². The first-order chi connectivity index (χ1) is 11.0. The molecule has 1 N–H and O–H groups in total. The van der Waals surface area contributed by atoms with Gasteiger partial charge in [-0.2, -0.15) is 0 Å². The highest BCUT2D eigenvalue weighted by atomic mass is 35.5. The number of rotatable bonds is 4. The second-order valence-corrected chi connectivity index (χ2v) is 5.73. The van der Waals surface area contributed by atoms with Gasteiger partial charge in [0.05, 0.1) is 5.92 Å². The molecule has 0 aliphatic carbocycles. The maximum absolute atomic E-state index is 11.9. The Kier molecular flexibility index (Phi) is 4.21. The Bertz CT molecular complexity index is 727. The number of benzene rings is 2. The van der Waals surface area contributed by atoms with E-state index in [0.29, 0.717) is 22.2 Å². The van der Waals surface area contributed by atoms with Crippen molar-refractivity contribution in [2.75, 3.05) is 11.4 Å². The number of aliphatic carboxylic acids is 1. The molecule has 0 bridgehead atoms. The van der Waals surface area contributed by atoms with E-state index in [9.17, 15) is 9.59 Å². The van der Waals surface area contributed by atoms with Crippen LogP contribution in [0.3, 0.4) is 0 Å². The minimum absolute atomic E-state index is 0.0400. The number of carboxylic acid groups (broad SMARTS) is 1. The van der Waals surface area contributed by atoms with Gasteiger partial charge in [0.25, 0.3) is 0 Å². The van der Waals surface area contributed by atoms with E-state index in [2.05, 4.69) is 0 Å². The van der Waals surface area contributed by atoms with Gasteiger partial charge in [-0.1, -0.05) is 11.6 Å². The Morgan fingerprint density at radius 2 is 1.65 bits per heavy atom. The van der Waals surface area contributed by atoms with Crippen LogP contribution in [0.25, 0.3) is 0 Å². The van der Waals surface area contributed by atoms with Crippen LogP contribution in [-0.2, 0) is 9.59 Å². The molecule has 1 aliphatic heterocycles. The number of carbonyl (C=O) groups is 2. The topological polar surface area (TPSA) is 66.8 Å². The van der Waals surface area contributed by atoms with Crippen LogP contribution in [0.15, 0.2) is 48.5 Å². The third kappa shape index (κ3) is 3.46. The molecule has 1 heterocycles. The van der Waals surface area contributed by atoms with E-state index in [1.807, 2.05) is 0 Å². The average molecular weight is 332 g/mol. The highest BCUT2D eigenvalue weighted by Gasteiger charge is 2.34. The van der Waals surface area contributed by atoms with E-state index in [1.165, 1.54) is 4.90 Å². The summed E-state index contributed by atoms with van der Waals surface area (Å²) in [7, 11) is 0. The summed E-state index contributed by atoms with van der Waals surface area (Å²) in [6, 6.07) is 14.0. The molecule has 5 nitrogen and oxygen atoms in total. The van der Waals surface area contributed by atoms with Gasteiger partial charge >= 0.3 is 5.97 Å². The minimum Gasteiger partial charge on any atom is -0.481 e. The summed E-state index contributed by atoms with van der Waals surface area (Å²) in [6.45, 7) is 0.200. The minimum atomic E-state index is -0.941. The monoisotopic (exact) mass is 331 g/mol. The summed E-state index contributed by atoms with van der Waals surface area (Å²) in [4.78, 5) is 24.4. The maximum atomic E-state index is 11.9. The molecular formula is C17H14ClNO4. The van der Waals surface area contributed by atoms with Crippen molar-refractivity contribution in [2.24, 2.45) is 5.92 Å². The first kappa shape index (κ1) is 15.4. The van der Waals surface area contributed by atoms with E-state index in [1.54, 1.807) is 48.5 Å². The third-order valence-electron chi connectivity index (χ3n) is 3.67. The lowest BCUT2D eigenvalue weighted by atomic mass is 10.1. The van der Waals surface area contributed by atoms with Crippen LogP contribution in [0.5, 0.6) is 11.5 Å². The molecule has 23 heavy (non-hydrogen) atoms. The molecular weight excluding hydrogens is 318 g/mol. The molecule has 1 fully saturated rings. The predicted molar refractivity (Wildman–Crippen MR) is 86.1 cm³/mol. The number of nitrogens with zero attached hydrogens (tertiary/aromatic N) is 1. The smallest absolute Gasteiger partial charge is 0.308 e. The third-order valence-corrected chi connectivity index (χ3v) is 3.92. The number of anilines is 1. The fourth-order valence-electron chi connectivity index (χ4n) is 2.46. The second kappa shape index (κ2) is 6.30. The molecule has 0 radical (unpaired) electrons. The molecule has 2 aromatic carbocycles. The van der Waals surface area contributed by atoms with Gasteiger partial charge in [0.2, 0.25) is 5.91 Å². The fourth-order valence-corrected chi connectivity index (χ4v) is 2.58. The van der Waals surface area contributed by atoms with E-state index < -0.39 is 11.9 Å². The highest BCUT2D eigenvalue weighted by Crippen LogP contribution is 2.29. The van der Waals surface area contributed by atoms with Crippen LogP contribution >= 0.6 is 11.6 Å². The molecule has 118 valence electrons. The number of ether oxygens (including phenoxy) is 1. The summed E-state index contributed by atoms with van der Waals surface area (Å²) >= 11 is 5.82. The Labute approximate surface area is 138 Å². The number of hydrogen-bond acceptors (Lipinski definition) is 3. The van der Waals surface area contributed by atoms with Gasteiger partial charge in [-0.25, -0.2) is 0 Å². The Morgan fingerprint density at radius 1 is 1.09 bits per heavy atom. The zero-order chi connectivity index (χ0) is 16.4. The van der Waals surface area contributed by atoms with Crippen molar-refractivity contribution in [3.8, 4) is 11.5 Å². The summed E-state index contributed by atoms with van der Waals surface area (Å²) in [5, 5.41) is 9.65. The molecule has 0 saturated carbocycles. The van der Waals surface area contributed by atoms with Crippen molar-refractivity contribution in [3.63, 3.8) is 0 Å². The summed E-state index contributed by atoms with van der Waals surface area (Å²) < 4.78 is 5.68. The molecule has 1 aliphatic rings. The molecule has 2 aromatic rings. The van der Waals surface area contributed by atoms with Crippen molar-refractivity contribution in [3.05, 3.63) is 53.6 Å². The van der Waals surface area contributed by atoms with Gasteiger partial charge in [0.15, 0.2) is 0 Å².